The standard InChI is InChI=1S/C10H24O2S2Si2/c1-15(2,11)7-5-9-13-10(14(9)13)6-8-16(3,4)12/h9-12H,5-8H2,1-4H3. The van der Waals surface area contributed by atoms with Crippen LogP contribution < -0.4 is 0 Å². The maximum Gasteiger partial charge on any atom is 0.182 e. The fraction of sp³-hybridized carbons (Fsp3) is 1.00. The van der Waals surface area contributed by atoms with Gasteiger partial charge in [0.2, 0.25) is 0 Å². The van der Waals surface area contributed by atoms with E-state index in [9.17, 15) is 9.59 Å². The largest absolute Gasteiger partial charge is 0.432 e. The van der Waals surface area contributed by atoms with Crippen LogP contribution in [-0.4, -0.2) is 35.4 Å². The van der Waals surface area contributed by atoms with E-state index in [0.29, 0.717) is 0 Å². The molecule has 2 aliphatic heterocycles. The van der Waals surface area contributed by atoms with Crippen LogP contribution in [0, 0.1) is 0 Å². The molecule has 2 N–H and O–H groups in total. The molecule has 0 spiro atoms. The molecule has 6 heteroatoms. The quantitative estimate of drug-likeness (QED) is 0.736. The second-order valence-corrected chi connectivity index (χ2v) is 21.0. The molecule has 96 valence electrons. The number of hydrogen-bond acceptors (Lipinski definition) is 2. The second-order valence-electron chi connectivity index (χ2n) is 6.22. The van der Waals surface area contributed by atoms with Crippen LogP contribution in [0.2, 0.25) is 38.3 Å². The lowest BCUT2D eigenvalue weighted by molar-refractivity contribution is 0.546. The van der Waals surface area contributed by atoms with Gasteiger partial charge in [-0.2, -0.15) is 0 Å². The average molecular weight is 297 g/mol. The van der Waals surface area contributed by atoms with Crippen molar-refractivity contribution in [1.82, 2.24) is 0 Å². The molecule has 0 radical (unpaired) electrons. The van der Waals surface area contributed by atoms with Crippen LogP contribution in [0.15, 0.2) is 0 Å². The smallest absolute Gasteiger partial charge is 0.182 e. The topological polar surface area (TPSA) is 40.5 Å². The first-order chi connectivity index (χ1) is 7.19. The van der Waals surface area contributed by atoms with Crippen molar-refractivity contribution >= 4 is 35.5 Å². The Kier molecular flexibility index (Phi) is 3.63. The highest BCUT2D eigenvalue weighted by Crippen LogP contribution is 2.54. The Hall–Kier alpha value is 1.05. The molecule has 0 fully saturated rings. The van der Waals surface area contributed by atoms with Gasteiger partial charge in [0.25, 0.3) is 0 Å². The van der Waals surface area contributed by atoms with Crippen molar-refractivity contribution in [3.05, 3.63) is 0 Å². The SMILES string of the molecule is C[Si](C)(O)CCC1S2=S1C2CC[Si](C)(C)O. The summed E-state index contributed by atoms with van der Waals surface area (Å²) in [6, 6.07) is 2.19. The lowest BCUT2D eigenvalue weighted by Crippen LogP contribution is -2.29. The van der Waals surface area contributed by atoms with E-state index in [1.165, 1.54) is 12.8 Å². The van der Waals surface area contributed by atoms with Gasteiger partial charge in [-0.3, -0.25) is 0 Å². The van der Waals surface area contributed by atoms with Crippen molar-refractivity contribution in [3.63, 3.8) is 0 Å². The lowest BCUT2D eigenvalue weighted by Gasteiger charge is -2.20. The second kappa shape index (κ2) is 4.31. The highest BCUT2D eigenvalue weighted by Gasteiger charge is 2.56. The van der Waals surface area contributed by atoms with Gasteiger partial charge >= 0.3 is 0 Å². The summed E-state index contributed by atoms with van der Waals surface area (Å²) >= 11 is 0. The summed E-state index contributed by atoms with van der Waals surface area (Å²) in [7, 11) is -2.05. The summed E-state index contributed by atoms with van der Waals surface area (Å²) in [5.74, 6) is 0. The summed E-state index contributed by atoms with van der Waals surface area (Å²) in [6.45, 7) is 8.18. The fourth-order valence-corrected chi connectivity index (χ4v) is 13.7. The first kappa shape index (κ1) is 13.5. The van der Waals surface area contributed by atoms with Crippen LogP contribution in [-0.2, 0) is 18.9 Å². The molecule has 2 nitrogen and oxygen atoms in total. The Morgan fingerprint density at radius 1 is 0.812 bits per heavy atom. The van der Waals surface area contributed by atoms with Crippen molar-refractivity contribution in [2.45, 2.75) is 60.3 Å². The van der Waals surface area contributed by atoms with Crippen LogP contribution in [0.5, 0.6) is 0 Å². The van der Waals surface area contributed by atoms with E-state index in [4.69, 9.17) is 0 Å². The zero-order valence-electron chi connectivity index (χ0n) is 10.7. The van der Waals surface area contributed by atoms with Crippen molar-refractivity contribution in [3.8, 4) is 0 Å². The van der Waals surface area contributed by atoms with E-state index >= 15 is 0 Å². The minimum Gasteiger partial charge on any atom is -0.432 e. The molecule has 0 saturated carbocycles. The first-order valence-corrected chi connectivity index (χ1v) is 15.6. The molecule has 0 bridgehead atoms. The minimum absolute atomic E-state index is 0.761. The third-order valence-electron chi connectivity index (χ3n) is 3.17. The van der Waals surface area contributed by atoms with Crippen LogP contribution >= 0.6 is 0 Å². The van der Waals surface area contributed by atoms with Crippen LogP contribution in [0.4, 0.5) is 0 Å². The van der Waals surface area contributed by atoms with Gasteiger partial charge in [0, 0.05) is 0 Å². The molecular formula is C10H24O2S2Si2. The highest BCUT2D eigenvalue weighted by atomic mass is 33.0. The normalized spacial score (nSPS) is 37.1. The van der Waals surface area contributed by atoms with Gasteiger partial charge in [0.1, 0.15) is 0 Å². The Morgan fingerprint density at radius 3 is 1.38 bits per heavy atom. The average Bonchev–Trinajstić information content (AvgIpc) is 2.85. The zero-order valence-corrected chi connectivity index (χ0v) is 14.3. The Labute approximate surface area is 105 Å². The maximum atomic E-state index is 9.79. The van der Waals surface area contributed by atoms with E-state index in [1.807, 2.05) is 26.2 Å². The molecule has 16 heavy (non-hydrogen) atoms. The van der Waals surface area contributed by atoms with Crippen molar-refractivity contribution < 1.29 is 9.59 Å². The summed E-state index contributed by atoms with van der Waals surface area (Å²) in [5.41, 5.74) is 0. The van der Waals surface area contributed by atoms with E-state index in [2.05, 4.69) is 0 Å². The molecule has 0 aromatic carbocycles. The molecule has 0 aromatic rings. The third-order valence-corrected chi connectivity index (χ3v) is 14.3. The van der Waals surface area contributed by atoms with Gasteiger partial charge in [-0.25, -0.2) is 0 Å². The molecule has 0 atom stereocenters. The van der Waals surface area contributed by atoms with Gasteiger partial charge in [-0.1, -0.05) is 0 Å². The predicted octanol–water partition coefficient (Wildman–Crippen LogP) is 1.99. The van der Waals surface area contributed by atoms with Gasteiger partial charge in [0.05, 0.1) is 9.16 Å². The number of hydrogen-bond donors (Lipinski definition) is 2. The van der Waals surface area contributed by atoms with Crippen LogP contribution in [0.25, 0.3) is 0 Å². The van der Waals surface area contributed by atoms with Crippen molar-refractivity contribution in [2.24, 2.45) is 0 Å². The Bertz CT molecular complexity index is 287. The van der Waals surface area contributed by atoms with Gasteiger partial charge in [0.15, 0.2) is 16.6 Å². The molecule has 2 rings (SSSR count). The zero-order chi connectivity index (χ0) is 12.1. The molecule has 0 amide bonds. The maximum absolute atomic E-state index is 9.79. The number of rotatable bonds is 6. The molecule has 0 unspecified atom stereocenters. The van der Waals surface area contributed by atoms with Crippen molar-refractivity contribution in [1.29, 1.82) is 0 Å². The van der Waals surface area contributed by atoms with E-state index in [1.54, 1.807) is 0 Å². The summed E-state index contributed by atoms with van der Waals surface area (Å²) < 4.78 is 2.01. The lowest BCUT2D eigenvalue weighted by atomic mass is 10.5. The fourth-order valence-electron chi connectivity index (χ4n) is 2.08. The predicted molar refractivity (Wildman–Crippen MR) is 80.6 cm³/mol. The van der Waals surface area contributed by atoms with Gasteiger partial charge < -0.3 is 9.59 Å². The Balaban J connectivity index is 1.57. The third kappa shape index (κ3) is 3.52. The van der Waals surface area contributed by atoms with Crippen LogP contribution in [0.1, 0.15) is 12.8 Å². The summed E-state index contributed by atoms with van der Waals surface area (Å²) in [4.78, 5) is 19.6. The van der Waals surface area contributed by atoms with E-state index in [0.717, 1.165) is 40.2 Å². The van der Waals surface area contributed by atoms with Crippen LogP contribution in [0.3, 0.4) is 0 Å². The monoisotopic (exact) mass is 296 g/mol. The van der Waals surface area contributed by atoms with E-state index in [-0.39, 0.29) is 0 Å². The summed E-state index contributed by atoms with van der Waals surface area (Å²) in [5, 5.41) is 0. The Morgan fingerprint density at radius 2 is 1.12 bits per heavy atom. The van der Waals surface area contributed by atoms with Gasteiger partial charge in [-0.05, 0) is 51.1 Å². The molecular weight excluding hydrogens is 272 g/mol. The molecule has 2 heterocycles. The molecule has 2 aliphatic rings. The molecule has 0 aliphatic carbocycles. The van der Waals surface area contributed by atoms with Crippen molar-refractivity contribution in [2.75, 3.05) is 0 Å². The molecule has 0 aromatic heterocycles. The van der Waals surface area contributed by atoms with Gasteiger partial charge in [-0.15, -0.1) is 18.9 Å². The minimum atomic E-state index is -1.78. The van der Waals surface area contributed by atoms with E-state index < -0.39 is 16.6 Å². The highest BCUT2D eigenvalue weighted by molar-refractivity contribution is 8.76. The summed E-state index contributed by atoms with van der Waals surface area (Å²) in [6.07, 6.45) is 2.58. The molecule has 0 saturated heterocycles. The first-order valence-electron chi connectivity index (χ1n) is 6.08.